The van der Waals surface area contributed by atoms with Crippen LogP contribution in [-0.4, -0.2) is 25.7 Å². The van der Waals surface area contributed by atoms with E-state index in [0.717, 1.165) is 24.9 Å². The van der Waals surface area contributed by atoms with E-state index in [9.17, 15) is 9.59 Å². The van der Waals surface area contributed by atoms with Crippen LogP contribution in [0.4, 0.5) is 0 Å². The van der Waals surface area contributed by atoms with E-state index in [0.29, 0.717) is 23.3 Å². The van der Waals surface area contributed by atoms with Crippen molar-refractivity contribution in [2.24, 2.45) is 0 Å². The molecule has 0 saturated heterocycles. The third-order valence-electron chi connectivity index (χ3n) is 5.78. The highest BCUT2D eigenvalue weighted by molar-refractivity contribution is 5.77. The second kappa shape index (κ2) is 8.18. The fraction of sp³-hybridized carbons (Fsp3) is 0.250. The summed E-state index contributed by atoms with van der Waals surface area (Å²) >= 11 is 0. The first-order chi connectivity index (χ1) is 15.2. The van der Waals surface area contributed by atoms with Gasteiger partial charge >= 0.3 is 0 Å². The third-order valence-corrected chi connectivity index (χ3v) is 5.78. The number of para-hydroxylation sites is 1. The lowest BCUT2D eigenvalue weighted by Crippen LogP contribution is -2.31. The predicted molar refractivity (Wildman–Crippen MR) is 118 cm³/mol. The van der Waals surface area contributed by atoms with Crippen molar-refractivity contribution in [1.29, 1.82) is 0 Å². The van der Waals surface area contributed by atoms with E-state index >= 15 is 0 Å². The summed E-state index contributed by atoms with van der Waals surface area (Å²) in [4.78, 5) is 32.5. The number of hydrogen-bond acceptors (Lipinski definition) is 4. The number of fused-ring (bicyclic) bond motifs is 2. The van der Waals surface area contributed by atoms with Crippen LogP contribution in [0.1, 0.15) is 42.3 Å². The van der Waals surface area contributed by atoms with Crippen LogP contribution in [0, 0.1) is 0 Å². The quantitative estimate of drug-likeness (QED) is 0.525. The van der Waals surface area contributed by atoms with Gasteiger partial charge in [0, 0.05) is 12.8 Å². The Labute approximate surface area is 179 Å². The van der Waals surface area contributed by atoms with Gasteiger partial charge in [-0.2, -0.15) is 5.10 Å². The number of aryl methyl sites for hydroxylation is 2. The van der Waals surface area contributed by atoms with Crippen molar-refractivity contribution in [3.63, 3.8) is 0 Å². The lowest BCUT2D eigenvalue weighted by Gasteiger charge is -2.26. The summed E-state index contributed by atoms with van der Waals surface area (Å²) in [5.74, 6) is 0.440. The fourth-order valence-corrected chi connectivity index (χ4v) is 4.24. The molecule has 0 radical (unpaired) electrons. The maximum absolute atomic E-state index is 12.6. The Morgan fingerprint density at radius 2 is 1.94 bits per heavy atom. The fourth-order valence-electron chi connectivity index (χ4n) is 4.24. The van der Waals surface area contributed by atoms with Gasteiger partial charge in [0.1, 0.15) is 11.2 Å². The molecule has 0 aliphatic heterocycles. The highest BCUT2D eigenvalue weighted by atomic mass is 16.1. The second-order valence-corrected chi connectivity index (χ2v) is 7.85. The molecular weight excluding hydrogens is 390 g/mol. The van der Waals surface area contributed by atoms with Gasteiger partial charge in [0.05, 0.1) is 17.9 Å². The lowest BCUT2D eigenvalue weighted by atomic mass is 9.87. The summed E-state index contributed by atoms with van der Waals surface area (Å²) in [5, 5.41) is 7.90. The third kappa shape index (κ3) is 3.86. The normalized spacial score (nSPS) is 15.5. The van der Waals surface area contributed by atoms with Crippen molar-refractivity contribution in [3.8, 4) is 5.69 Å². The molecule has 1 aliphatic carbocycles. The molecule has 0 saturated carbocycles. The maximum Gasteiger partial charge on any atom is 0.262 e. The van der Waals surface area contributed by atoms with Crippen LogP contribution >= 0.6 is 0 Å². The summed E-state index contributed by atoms with van der Waals surface area (Å²) in [5.41, 5.74) is 3.59. The van der Waals surface area contributed by atoms with Gasteiger partial charge in [-0.15, -0.1) is 0 Å². The first-order valence-corrected chi connectivity index (χ1v) is 10.6. The van der Waals surface area contributed by atoms with E-state index in [1.54, 1.807) is 4.68 Å². The number of hydrogen-bond donors (Lipinski definition) is 2. The van der Waals surface area contributed by atoms with Gasteiger partial charge in [0.25, 0.3) is 5.56 Å². The van der Waals surface area contributed by atoms with Gasteiger partial charge in [-0.25, -0.2) is 9.67 Å². The van der Waals surface area contributed by atoms with Crippen LogP contribution in [0.3, 0.4) is 0 Å². The molecule has 4 aromatic rings. The highest BCUT2D eigenvalue weighted by Crippen LogP contribution is 2.29. The molecule has 2 aromatic heterocycles. The lowest BCUT2D eigenvalue weighted by molar-refractivity contribution is -0.121. The molecule has 2 aromatic carbocycles. The SMILES string of the molecule is O=C(CCc1nc2c(cnn2-c2ccccc2)c(=O)[nH]1)N[C@@H]1CCCc2ccccc21. The minimum Gasteiger partial charge on any atom is -0.349 e. The Hall–Kier alpha value is -3.74. The zero-order valence-electron chi connectivity index (χ0n) is 17.0. The van der Waals surface area contributed by atoms with Crippen LogP contribution in [-0.2, 0) is 17.6 Å². The number of benzene rings is 2. The second-order valence-electron chi connectivity index (χ2n) is 7.85. The van der Waals surface area contributed by atoms with Gasteiger partial charge < -0.3 is 10.3 Å². The smallest absolute Gasteiger partial charge is 0.262 e. The van der Waals surface area contributed by atoms with E-state index < -0.39 is 0 Å². The van der Waals surface area contributed by atoms with Crippen molar-refractivity contribution >= 4 is 16.9 Å². The van der Waals surface area contributed by atoms with Crippen LogP contribution < -0.4 is 10.9 Å². The van der Waals surface area contributed by atoms with Crippen molar-refractivity contribution in [1.82, 2.24) is 25.1 Å². The Morgan fingerprint density at radius 1 is 1.13 bits per heavy atom. The van der Waals surface area contributed by atoms with Crippen molar-refractivity contribution < 1.29 is 4.79 Å². The summed E-state index contributed by atoms with van der Waals surface area (Å²) in [6.45, 7) is 0. The van der Waals surface area contributed by atoms with Gasteiger partial charge in [-0.05, 0) is 42.5 Å². The van der Waals surface area contributed by atoms with Gasteiger partial charge in [-0.3, -0.25) is 9.59 Å². The van der Waals surface area contributed by atoms with E-state index in [2.05, 4.69) is 32.5 Å². The van der Waals surface area contributed by atoms with Gasteiger partial charge in [-0.1, -0.05) is 42.5 Å². The number of aromatic amines is 1. The maximum atomic E-state index is 12.6. The minimum atomic E-state index is -0.246. The number of aromatic nitrogens is 4. The Balaban J connectivity index is 1.32. The van der Waals surface area contributed by atoms with Gasteiger partial charge in [0.15, 0.2) is 5.65 Å². The molecule has 1 atom stereocenters. The number of amides is 1. The molecule has 0 unspecified atom stereocenters. The predicted octanol–water partition coefficient (Wildman–Crippen LogP) is 3.24. The van der Waals surface area contributed by atoms with E-state index in [4.69, 9.17) is 0 Å². The Bertz CT molecular complexity index is 1290. The van der Waals surface area contributed by atoms with Crippen molar-refractivity contribution in [3.05, 3.63) is 88.1 Å². The summed E-state index contributed by atoms with van der Waals surface area (Å²) in [6.07, 6.45) is 5.20. The molecule has 31 heavy (non-hydrogen) atoms. The molecule has 7 nitrogen and oxygen atoms in total. The molecule has 156 valence electrons. The number of nitrogens with one attached hydrogen (secondary N) is 2. The molecule has 5 rings (SSSR count). The average molecular weight is 413 g/mol. The van der Waals surface area contributed by atoms with Gasteiger partial charge in [0.2, 0.25) is 5.91 Å². The summed E-state index contributed by atoms with van der Waals surface area (Å²) in [6, 6.07) is 17.9. The van der Waals surface area contributed by atoms with Crippen molar-refractivity contribution in [2.45, 2.75) is 38.1 Å². The molecule has 0 fully saturated rings. The van der Waals surface area contributed by atoms with Crippen LogP contribution in [0.5, 0.6) is 0 Å². The van der Waals surface area contributed by atoms with Crippen LogP contribution in [0.25, 0.3) is 16.7 Å². The topological polar surface area (TPSA) is 92.7 Å². The van der Waals surface area contributed by atoms with Crippen LogP contribution in [0.15, 0.2) is 65.6 Å². The average Bonchev–Trinajstić information content (AvgIpc) is 3.23. The minimum absolute atomic E-state index is 0.0407. The standard InChI is InChI=1S/C24H23N5O2/c30-22(26-20-12-6-8-16-7-4-5-11-18(16)20)14-13-21-27-23-19(24(31)28-21)15-25-29(23)17-9-2-1-3-10-17/h1-5,7,9-11,15,20H,6,8,12-14H2,(H,26,30)(H,27,28,31)/t20-/m1/s1. The monoisotopic (exact) mass is 413 g/mol. The number of carbonyl (C=O) groups is 1. The molecule has 2 heterocycles. The summed E-state index contributed by atoms with van der Waals surface area (Å²) in [7, 11) is 0. The van der Waals surface area contributed by atoms with E-state index in [1.807, 2.05) is 42.5 Å². The first kappa shape index (κ1) is 19.2. The van der Waals surface area contributed by atoms with E-state index in [1.165, 1.54) is 17.3 Å². The zero-order valence-corrected chi connectivity index (χ0v) is 17.0. The number of nitrogens with zero attached hydrogens (tertiary/aromatic N) is 3. The molecule has 7 heteroatoms. The molecule has 1 aliphatic rings. The van der Waals surface area contributed by atoms with Crippen molar-refractivity contribution in [2.75, 3.05) is 0 Å². The molecule has 0 bridgehead atoms. The van der Waals surface area contributed by atoms with E-state index in [-0.39, 0.29) is 23.9 Å². The molecule has 2 N–H and O–H groups in total. The Kier molecular flexibility index (Phi) is 5.08. The van der Waals surface area contributed by atoms with Crippen LogP contribution in [0.2, 0.25) is 0 Å². The number of carbonyl (C=O) groups excluding carboxylic acids is 1. The molecule has 0 spiro atoms. The molecular formula is C24H23N5O2. The number of rotatable bonds is 5. The number of H-pyrrole nitrogens is 1. The zero-order chi connectivity index (χ0) is 21.2. The largest absolute Gasteiger partial charge is 0.349 e. The Morgan fingerprint density at radius 3 is 2.81 bits per heavy atom. The first-order valence-electron chi connectivity index (χ1n) is 10.6. The highest BCUT2D eigenvalue weighted by Gasteiger charge is 2.21. The molecule has 1 amide bonds. The summed E-state index contributed by atoms with van der Waals surface area (Å²) < 4.78 is 1.65.